The van der Waals surface area contributed by atoms with Crippen LogP contribution in [0.5, 0.6) is 0 Å². The van der Waals surface area contributed by atoms with Gasteiger partial charge < -0.3 is 14.7 Å². The summed E-state index contributed by atoms with van der Waals surface area (Å²) in [6, 6.07) is 3.87. The van der Waals surface area contributed by atoms with E-state index in [0.29, 0.717) is 13.1 Å². The van der Waals surface area contributed by atoms with Crippen LogP contribution in [-0.2, 0) is 13.1 Å². The van der Waals surface area contributed by atoms with Crippen molar-refractivity contribution in [3.8, 4) is 0 Å². The maximum Gasteiger partial charge on any atom is 0.123 e. The summed E-state index contributed by atoms with van der Waals surface area (Å²) in [5, 5.41) is 0. The predicted octanol–water partition coefficient (Wildman–Crippen LogP) is 1.60. The summed E-state index contributed by atoms with van der Waals surface area (Å²) in [7, 11) is 0. The summed E-state index contributed by atoms with van der Waals surface area (Å²) >= 11 is 0. The second kappa shape index (κ2) is 3.90. The second-order valence-electron chi connectivity index (χ2n) is 3.62. The van der Waals surface area contributed by atoms with Gasteiger partial charge in [-0.25, -0.2) is 4.98 Å². The Morgan fingerprint density at radius 1 is 1.33 bits per heavy atom. The molecule has 0 aliphatic carbocycles. The first-order valence-corrected chi connectivity index (χ1v) is 4.96. The van der Waals surface area contributed by atoms with Crippen LogP contribution >= 0.6 is 0 Å². The minimum atomic E-state index is 0.446. The van der Waals surface area contributed by atoms with E-state index < -0.39 is 0 Å². The first kappa shape index (κ1) is 9.98. The topological polar surface area (TPSA) is 57.0 Å². The fourth-order valence-corrected chi connectivity index (χ4v) is 1.49. The van der Waals surface area contributed by atoms with Crippen LogP contribution in [0.15, 0.2) is 22.9 Å². The molecule has 0 atom stereocenters. The Morgan fingerprint density at radius 3 is 2.60 bits per heavy atom. The molecule has 0 saturated carbocycles. The van der Waals surface area contributed by atoms with E-state index in [1.54, 1.807) is 0 Å². The van der Waals surface area contributed by atoms with Gasteiger partial charge in [0.1, 0.15) is 11.5 Å². The molecule has 0 radical (unpaired) electrons. The number of rotatable bonds is 3. The highest BCUT2D eigenvalue weighted by molar-refractivity contribution is 5.12. The van der Waals surface area contributed by atoms with Crippen LogP contribution in [-0.4, -0.2) is 9.55 Å². The zero-order valence-corrected chi connectivity index (χ0v) is 9.03. The molecular formula is C11H15N3O. The van der Waals surface area contributed by atoms with Gasteiger partial charge >= 0.3 is 0 Å². The zero-order chi connectivity index (χ0) is 10.8. The lowest BCUT2D eigenvalue weighted by Crippen LogP contribution is -1.99. The highest BCUT2D eigenvalue weighted by atomic mass is 16.3. The standard InChI is InChI=1S/C11H15N3O/c1-8-9(2)14(7-13-8)6-11-4-3-10(5-12)15-11/h3-4,7H,5-6,12H2,1-2H3. The maximum atomic E-state index is 5.53. The van der Waals surface area contributed by atoms with E-state index in [9.17, 15) is 0 Å². The lowest BCUT2D eigenvalue weighted by atomic mass is 10.3. The zero-order valence-electron chi connectivity index (χ0n) is 9.03. The molecule has 0 amide bonds. The van der Waals surface area contributed by atoms with Crippen molar-refractivity contribution in [2.24, 2.45) is 5.73 Å². The number of aryl methyl sites for hydroxylation is 1. The van der Waals surface area contributed by atoms with Gasteiger partial charge in [0.15, 0.2) is 0 Å². The molecule has 2 heterocycles. The van der Waals surface area contributed by atoms with E-state index in [4.69, 9.17) is 10.2 Å². The van der Waals surface area contributed by atoms with Crippen molar-refractivity contribution in [2.75, 3.05) is 0 Å². The summed E-state index contributed by atoms with van der Waals surface area (Å²) in [5.74, 6) is 1.73. The third kappa shape index (κ3) is 1.94. The third-order valence-corrected chi connectivity index (χ3v) is 2.59. The molecule has 0 saturated heterocycles. The molecule has 4 nitrogen and oxygen atoms in total. The predicted molar refractivity (Wildman–Crippen MR) is 57.4 cm³/mol. The van der Waals surface area contributed by atoms with Crippen LogP contribution < -0.4 is 5.73 Å². The number of hydrogen-bond donors (Lipinski definition) is 1. The molecule has 15 heavy (non-hydrogen) atoms. The Hall–Kier alpha value is -1.55. The number of nitrogens with zero attached hydrogens (tertiary/aromatic N) is 2. The highest BCUT2D eigenvalue weighted by Crippen LogP contribution is 2.11. The van der Waals surface area contributed by atoms with Crippen LogP contribution in [0.4, 0.5) is 0 Å². The van der Waals surface area contributed by atoms with Crippen molar-refractivity contribution in [3.63, 3.8) is 0 Å². The number of nitrogens with two attached hydrogens (primary N) is 1. The average Bonchev–Trinajstić information content (AvgIpc) is 2.80. The Balaban J connectivity index is 2.18. The molecule has 0 bridgehead atoms. The van der Waals surface area contributed by atoms with Gasteiger partial charge in [-0.1, -0.05) is 0 Å². The molecule has 0 aliphatic rings. The Kier molecular flexibility index (Phi) is 2.60. The van der Waals surface area contributed by atoms with Crippen molar-refractivity contribution < 1.29 is 4.42 Å². The summed E-state index contributed by atoms with van der Waals surface area (Å²) < 4.78 is 7.59. The molecule has 2 aromatic heterocycles. The number of imidazole rings is 1. The minimum Gasteiger partial charge on any atom is -0.463 e. The molecule has 0 aliphatic heterocycles. The molecule has 2 rings (SSSR count). The maximum absolute atomic E-state index is 5.53. The molecule has 0 spiro atoms. The van der Waals surface area contributed by atoms with Crippen molar-refractivity contribution in [2.45, 2.75) is 26.9 Å². The lowest BCUT2D eigenvalue weighted by Gasteiger charge is -2.02. The number of hydrogen-bond acceptors (Lipinski definition) is 3. The Labute approximate surface area is 88.7 Å². The van der Waals surface area contributed by atoms with Gasteiger partial charge in [-0.3, -0.25) is 0 Å². The fraction of sp³-hybridized carbons (Fsp3) is 0.364. The summed E-state index contributed by atoms with van der Waals surface area (Å²) in [6.07, 6.45) is 1.83. The second-order valence-corrected chi connectivity index (χ2v) is 3.62. The van der Waals surface area contributed by atoms with E-state index >= 15 is 0 Å². The molecule has 2 aromatic rings. The highest BCUT2D eigenvalue weighted by Gasteiger charge is 2.05. The van der Waals surface area contributed by atoms with E-state index in [2.05, 4.69) is 16.5 Å². The van der Waals surface area contributed by atoms with Crippen LogP contribution in [0.25, 0.3) is 0 Å². The molecule has 2 N–H and O–H groups in total. The van der Waals surface area contributed by atoms with Gasteiger partial charge in [0, 0.05) is 5.69 Å². The van der Waals surface area contributed by atoms with Gasteiger partial charge in [0.25, 0.3) is 0 Å². The molecule has 0 unspecified atom stereocenters. The van der Waals surface area contributed by atoms with Crippen LogP contribution in [0.2, 0.25) is 0 Å². The number of aromatic nitrogens is 2. The van der Waals surface area contributed by atoms with Gasteiger partial charge in [-0.2, -0.15) is 0 Å². The average molecular weight is 205 g/mol. The van der Waals surface area contributed by atoms with E-state index in [1.807, 2.05) is 25.4 Å². The molecule has 4 heteroatoms. The van der Waals surface area contributed by atoms with Gasteiger partial charge in [-0.15, -0.1) is 0 Å². The first-order chi connectivity index (χ1) is 7.20. The Morgan fingerprint density at radius 2 is 2.07 bits per heavy atom. The molecule has 0 fully saturated rings. The SMILES string of the molecule is Cc1ncn(Cc2ccc(CN)o2)c1C. The third-order valence-electron chi connectivity index (χ3n) is 2.59. The van der Waals surface area contributed by atoms with Gasteiger partial charge in [0.2, 0.25) is 0 Å². The summed E-state index contributed by atoms with van der Waals surface area (Å²) in [6.45, 7) is 5.21. The van der Waals surface area contributed by atoms with Crippen LogP contribution in [0.3, 0.4) is 0 Å². The van der Waals surface area contributed by atoms with E-state index in [-0.39, 0.29) is 0 Å². The van der Waals surface area contributed by atoms with Crippen molar-refractivity contribution in [1.29, 1.82) is 0 Å². The monoisotopic (exact) mass is 205 g/mol. The first-order valence-electron chi connectivity index (χ1n) is 4.96. The van der Waals surface area contributed by atoms with Gasteiger partial charge in [0.05, 0.1) is 25.1 Å². The summed E-state index contributed by atoms with van der Waals surface area (Å²) in [4.78, 5) is 4.24. The minimum absolute atomic E-state index is 0.446. The molecular weight excluding hydrogens is 190 g/mol. The van der Waals surface area contributed by atoms with Crippen molar-refractivity contribution in [1.82, 2.24) is 9.55 Å². The van der Waals surface area contributed by atoms with Crippen LogP contribution in [0.1, 0.15) is 22.9 Å². The number of furan rings is 1. The molecule has 0 aromatic carbocycles. The fourth-order valence-electron chi connectivity index (χ4n) is 1.49. The van der Waals surface area contributed by atoms with E-state index in [0.717, 1.165) is 17.2 Å². The summed E-state index contributed by atoms with van der Waals surface area (Å²) in [5.41, 5.74) is 7.70. The Bertz CT molecular complexity index is 456. The largest absolute Gasteiger partial charge is 0.463 e. The van der Waals surface area contributed by atoms with Crippen LogP contribution in [0, 0.1) is 13.8 Å². The quantitative estimate of drug-likeness (QED) is 0.828. The van der Waals surface area contributed by atoms with Crippen molar-refractivity contribution >= 4 is 0 Å². The van der Waals surface area contributed by atoms with E-state index in [1.165, 1.54) is 5.69 Å². The molecule has 80 valence electrons. The van der Waals surface area contributed by atoms with Gasteiger partial charge in [-0.05, 0) is 26.0 Å². The van der Waals surface area contributed by atoms with Crippen molar-refractivity contribution in [3.05, 3.63) is 41.4 Å². The lowest BCUT2D eigenvalue weighted by molar-refractivity contribution is 0.453. The smallest absolute Gasteiger partial charge is 0.123 e. The normalized spacial score (nSPS) is 10.9.